The number of hydrogen-bond donors (Lipinski definition) is 0. The molecule has 2 aliphatic rings. The van der Waals surface area contributed by atoms with E-state index in [9.17, 15) is 0 Å². The summed E-state index contributed by atoms with van der Waals surface area (Å²) in [5.41, 5.74) is 1.20. The highest BCUT2D eigenvalue weighted by molar-refractivity contribution is 6.03. The Kier molecular flexibility index (Phi) is 1.97. The van der Waals surface area contributed by atoms with Gasteiger partial charge in [0.1, 0.15) is 5.84 Å². The summed E-state index contributed by atoms with van der Waals surface area (Å²) in [5, 5.41) is 0. The topological polar surface area (TPSA) is 34.0 Å². The van der Waals surface area contributed by atoms with E-state index in [0.717, 1.165) is 25.6 Å². The Morgan fingerprint density at radius 3 is 3.08 bits per heavy atom. The minimum Gasteiger partial charge on any atom is -0.375 e. The minimum absolute atomic E-state index is 0.444. The van der Waals surface area contributed by atoms with Crippen molar-refractivity contribution in [2.24, 2.45) is 21.8 Å². The van der Waals surface area contributed by atoms with Crippen molar-refractivity contribution in [1.29, 1.82) is 0 Å². The van der Waals surface area contributed by atoms with Gasteiger partial charge in [-0.05, 0) is 0 Å². The summed E-state index contributed by atoms with van der Waals surface area (Å²) in [7, 11) is 0. The predicted molar refractivity (Wildman–Crippen MR) is 48.9 cm³/mol. The zero-order valence-corrected chi connectivity index (χ0v) is 7.58. The van der Waals surface area contributed by atoms with Crippen LogP contribution in [0.5, 0.6) is 0 Å². The van der Waals surface area contributed by atoms with Crippen LogP contribution in [0.4, 0.5) is 0 Å². The van der Waals surface area contributed by atoms with Crippen molar-refractivity contribution in [1.82, 2.24) is 0 Å². The number of amidine groups is 1. The Labute approximate surface area is 72.6 Å². The van der Waals surface area contributed by atoms with Crippen LogP contribution in [0.15, 0.2) is 9.98 Å². The van der Waals surface area contributed by atoms with Gasteiger partial charge in [-0.2, -0.15) is 0 Å². The Morgan fingerprint density at radius 2 is 2.33 bits per heavy atom. The van der Waals surface area contributed by atoms with Gasteiger partial charge in [0.2, 0.25) is 0 Å². The molecular weight excluding hydrogens is 152 g/mol. The summed E-state index contributed by atoms with van der Waals surface area (Å²) in [6.07, 6.45) is 0. The average molecular weight is 166 g/mol. The molecule has 0 bridgehead atoms. The molecule has 0 N–H and O–H groups in total. The highest BCUT2D eigenvalue weighted by Crippen LogP contribution is 2.17. The van der Waals surface area contributed by atoms with Crippen molar-refractivity contribution in [2.45, 2.75) is 13.8 Å². The van der Waals surface area contributed by atoms with Crippen molar-refractivity contribution in [3.05, 3.63) is 0 Å². The summed E-state index contributed by atoms with van der Waals surface area (Å²) in [6.45, 7) is 6.66. The first-order valence-corrected chi connectivity index (χ1v) is 4.47. The largest absolute Gasteiger partial charge is 0.375 e. The van der Waals surface area contributed by atoms with Crippen molar-refractivity contribution in [3.8, 4) is 0 Å². The lowest BCUT2D eigenvalue weighted by atomic mass is 10.0. The lowest BCUT2D eigenvalue weighted by molar-refractivity contribution is 0.191. The zero-order valence-electron chi connectivity index (χ0n) is 7.58. The Hall–Kier alpha value is -0.700. The SMILES string of the molecule is CC(C)C1=NCC2COCC2=N1. The van der Waals surface area contributed by atoms with Crippen LogP contribution in [0, 0.1) is 11.8 Å². The summed E-state index contributed by atoms with van der Waals surface area (Å²) in [6, 6.07) is 0. The maximum absolute atomic E-state index is 5.32. The zero-order chi connectivity index (χ0) is 8.55. The van der Waals surface area contributed by atoms with Crippen molar-refractivity contribution >= 4 is 11.5 Å². The van der Waals surface area contributed by atoms with Gasteiger partial charge in [0.25, 0.3) is 0 Å². The fraction of sp³-hybridized carbons (Fsp3) is 0.778. The molecule has 2 rings (SSSR count). The minimum atomic E-state index is 0.444. The molecule has 2 heterocycles. The maximum atomic E-state index is 5.32. The lowest BCUT2D eigenvalue weighted by Gasteiger charge is -2.15. The number of hydrogen-bond acceptors (Lipinski definition) is 3. The smallest absolute Gasteiger partial charge is 0.125 e. The third-order valence-electron chi connectivity index (χ3n) is 2.29. The Bertz CT molecular complexity index is 243. The van der Waals surface area contributed by atoms with Crippen LogP contribution >= 0.6 is 0 Å². The van der Waals surface area contributed by atoms with E-state index in [1.807, 2.05) is 0 Å². The molecule has 0 spiro atoms. The van der Waals surface area contributed by atoms with E-state index in [4.69, 9.17) is 4.74 Å². The van der Waals surface area contributed by atoms with Crippen LogP contribution in [0.1, 0.15) is 13.8 Å². The molecule has 1 fully saturated rings. The number of fused-ring (bicyclic) bond motifs is 1. The number of aliphatic imine (C=N–C) groups is 2. The van der Waals surface area contributed by atoms with Crippen LogP contribution in [0.25, 0.3) is 0 Å². The van der Waals surface area contributed by atoms with Gasteiger partial charge >= 0.3 is 0 Å². The second kappa shape index (κ2) is 2.98. The molecule has 66 valence electrons. The molecule has 3 heteroatoms. The van der Waals surface area contributed by atoms with E-state index in [1.54, 1.807) is 0 Å². The van der Waals surface area contributed by atoms with Gasteiger partial charge in [0, 0.05) is 11.8 Å². The monoisotopic (exact) mass is 166 g/mol. The van der Waals surface area contributed by atoms with E-state index < -0.39 is 0 Å². The molecule has 1 unspecified atom stereocenters. The molecule has 1 atom stereocenters. The third-order valence-corrected chi connectivity index (χ3v) is 2.29. The molecule has 0 saturated carbocycles. The summed E-state index contributed by atoms with van der Waals surface area (Å²) >= 11 is 0. The molecular formula is C9H14N2O. The first kappa shape index (κ1) is 7.92. The van der Waals surface area contributed by atoms with Gasteiger partial charge < -0.3 is 4.74 Å². The molecule has 0 aromatic rings. The van der Waals surface area contributed by atoms with Crippen LogP contribution in [-0.4, -0.2) is 31.3 Å². The highest BCUT2D eigenvalue weighted by atomic mass is 16.5. The quantitative estimate of drug-likeness (QED) is 0.575. The second-order valence-corrected chi connectivity index (χ2v) is 3.67. The van der Waals surface area contributed by atoms with Crippen molar-refractivity contribution in [3.63, 3.8) is 0 Å². The first-order chi connectivity index (χ1) is 5.77. The van der Waals surface area contributed by atoms with Crippen LogP contribution in [-0.2, 0) is 4.74 Å². The molecule has 1 saturated heterocycles. The molecule has 0 aromatic carbocycles. The summed E-state index contributed by atoms with van der Waals surface area (Å²) in [5.74, 6) is 1.92. The standard InChI is InChI=1S/C9H14N2O/c1-6(2)9-10-3-7-4-12-5-8(7)11-9/h6-7H,3-5H2,1-2H3. The highest BCUT2D eigenvalue weighted by Gasteiger charge is 2.26. The first-order valence-electron chi connectivity index (χ1n) is 4.47. The molecule has 12 heavy (non-hydrogen) atoms. The molecule has 0 amide bonds. The Morgan fingerprint density at radius 1 is 1.50 bits per heavy atom. The van der Waals surface area contributed by atoms with Gasteiger partial charge in [-0.15, -0.1) is 0 Å². The Balaban J connectivity index is 2.17. The van der Waals surface area contributed by atoms with E-state index in [0.29, 0.717) is 11.8 Å². The van der Waals surface area contributed by atoms with Gasteiger partial charge in [-0.25, -0.2) is 4.99 Å². The number of ether oxygens (including phenoxy) is 1. The van der Waals surface area contributed by atoms with Crippen LogP contribution < -0.4 is 0 Å². The number of nitrogens with zero attached hydrogens (tertiary/aromatic N) is 2. The average Bonchev–Trinajstić information content (AvgIpc) is 2.49. The van der Waals surface area contributed by atoms with Crippen molar-refractivity contribution < 1.29 is 4.74 Å². The third kappa shape index (κ3) is 1.29. The van der Waals surface area contributed by atoms with Gasteiger partial charge in [-0.3, -0.25) is 4.99 Å². The molecule has 0 aromatic heterocycles. The second-order valence-electron chi connectivity index (χ2n) is 3.67. The van der Waals surface area contributed by atoms with E-state index in [-0.39, 0.29) is 0 Å². The van der Waals surface area contributed by atoms with Crippen LogP contribution in [0.2, 0.25) is 0 Å². The fourth-order valence-electron chi connectivity index (χ4n) is 1.50. The normalized spacial score (nSPS) is 28.4. The molecule has 2 aliphatic heterocycles. The fourth-order valence-corrected chi connectivity index (χ4v) is 1.50. The molecule has 3 nitrogen and oxygen atoms in total. The summed E-state index contributed by atoms with van der Waals surface area (Å²) < 4.78 is 5.32. The van der Waals surface area contributed by atoms with Crippen molar-refractivity contribution in [2.75, 3.05) is 19.8 Å². The van der Waals surface area contributed by atoms with E-state index in [1.165, 1.54) is 5.71 Å². The van der Waals surface area contributed by atoms with Gasteiger partial charge in [-0.1, -0.05) is 13.8 Å². The van der Waals surface area contributed by atoms with E-state index in [2.05, 4.69) is 23.8 Å². The van der Waals surface area contributed by atoms with Crippen LogP contribution in [0.3, 0.4) is 0 Å². The molecule has 0 radical (unpaired) electrons. The lowest BCUT2D eigenvalue weighted by Crippen LogP contribution is -2.24. The van der Waals surface area contributed by atoms with Gasteiger partial charge in [0.05, 0.1) is 25.5 Å². The van der Waals surface area contributed by atoms with E-state index >= 15 is 0 Å². The summed E-state index contributed by atoms with van der Waals surface area (Å²) in [4.78, 5) is 8.91. The predicted octanol–water partition coefficient (Wildman–Crippen LogP) is 1.14. The number of rotatable bonds is 1. The maximum Gasteiger partial charge on any atom is 0.125 e. The van der Waals surface area contributed by atoms with Gasteiger partial charge in [0.15, 0.2) is 0 Å². The molecule has 0 aliphatic carbocycles.